The summed E-state index contributed by atoms with van der Waals surface area (Å²) in [5, 5.41) is 4.88. The number of benzene rings is 2. The second-order valence-electron chi connectivity index (χ2n) is 7.37. The third-order valence-electron chi connectivity index (χ3n) is 5.22. The molecular weight excluding hydrogens is 348 g/mol. The molecule has 0 aliphatic carbocycles. The first-order valence-corrected chi connectivity index (χ1v) is 9.86. The van der Waals surface area contributed by atoms with Crippen LogP contribution in [0.1, 0.15) is 18.4 Å². The number of hydrogen-bond acceptors (Lipinski definition) is 3. The van der Waals surface area contributed by atoms with Crippen LogP contribution in [0.25, 0.3) is 16.9 Å². The molecule has 144 valence electrons. The van der Waals surface area contributed by atoms with Gasteiger partial charge in [-0.05, 0) is 25.6 Å². The zero-order valence-corrected chi connectivity index (χ0v) is 16.3. The molecule has 1 fully saturated rings. The summed E-state index contributed by atoms with van der Waals surface area (Å²) in [4.78, 5) is 16.1. The lowest BCUT2D eigenvalue weighted by Gasteiger charge is -2.21. The van der Waals surface area contributed by atoms with E-state index in [1.165, 1.54) is 5.56 Å². The van der Waals surface area contributed by atoms with Gasteiger partial charge in [-0.2, -0.15) is 5.10 Å². The van der Waals surface area contributed by atoms with Gasteiger partial charge in [-0.1, -0.05) is 48.5 Å². The maximum atomic E-state index is 11.8. The van der Waals surface area contributed by atoms with Gasteiger partial charge in [-0.3, -0.25) is 4.79 Å². The standard InChI is InChI=1S/C23H26N4O/c1-25(15-16-26-14-8-13-22(26)28)17-20-18-27(21-11-6-3-7-12-21)24-23(20)19-9-4-2-5-10-19/h2-7,9-12,18H,8,13-17H2,1H3. The van der Waals surface area contributed by atoms with Crippen LogP contribution in [-0.4, -0.2) is 52.2 Å². The van der Waals surface area contributed by atoms with Gasteiger partial charge in [-0.15, -0.1) is 0 Å². The van der Waals surface area contributed by atoms with Gasteiger partial charge in [-0.25, -0.2) is 4.68 Å². The fraction of sp³-hybridized carbons (Fsp3) is 0.304. The predicted octanol–water partition coefficient (Wildman–Crippen LogP) is 3.59. The molecule has 2 heterocycles. The number of para-hydroxylation sites is 1. The van der Waals surface area contributed by atoms with Gasteiger partial charge in [0.25, 0.3) is 0 Å². The minimum absolute atomic E-state index is 0.287. The number of likely N-dealkylation sites (tertiary alicyclic amines) is 1. The maximum absolute atomic E-state index is 11.8. The molecule has 1 aliphatic rings. The number of carbonyl (C=O) groups is 1. The van der Waals surface area contributed by atoms with Crippen molar-refractivity contribution in [3.63, 3.8) is 0 Å². The van der Waals surface area contributed by atoms with Gasteiger partial charge < -0.3 is 9.80 Å². The van der Waals surface area contributed by atoms with Crippen molar-refractivity contribution < 1.29 is 4.79 Å². The number of carbonyl (C=O) groups excluding carboxylic acids is 1. The topological polar surface area (TPSA) is 41.4 Å². The lowest BCUT2D eigenvalue weighted by Crippen LogP contribution is -2.33. The molecule has 0 saturated carbocycles. The van der Waals surface area contributed by atoms with Gasteiger partial charge in [0.05, 0.1) is 11.4 Å². The summed E-state index contributed by atoms with van der Waals surface area (Å²) in [5.41, 5.74) is 4.37. The number of likely N-dealkylation sites (N-methyl/N-ethyl adjacent to an activating group) is 1. The minimum atomic E-state index is 0.287. The predicted molar refractivity (Wildman–Crippen MR) is 111 cm³/mol. The van der Waals surface area contributed by atoms with Crippen LogP contribution in [0.2, 0.25) is 0 Å². The fourth-order valence-electron chi connectivity index (χ4n) is 3.68. The van der Waals surface area contributed by atoms with Crippen molar-refractivity contribution >= 4 is 5.91 Å². The molecule has 1 aromatic heterocycles. The van der Waals surface area contributed by atoms with E-state index in [1.54, 1.807) is 0 Å². The van der Waals surface area contributed by atoms with E-state index in [1.807, 2.05) is 46.0 Å². The average Bonchev–Trinajstić information content (AvgIpc) is 3.34. The van der Waals surface area contributed by atoms with Crippen molar-refractivity contribution in [2.75, 3.05) is 26.7 Å². The smallest absolute Gasteiger partial charge is 0.222 e. The number of amides is 1. The second-order valence-corrected chi connectivity index (χ2v) is 7.37. The Labute approximate surface area is 166 Å². The van der Waals surface area contributed by atoms with E-state index in [-0.39, 0.29) is 5.91 Å². The normalized spacial score (nSPS) is 14.2. The van der Waals surface area contributed by atoms with E-state index in [2.05, 4.69) is 42.4 Å². The summed E-state index contributed by atoms with van der Waals surface area (Å²) in [6, 6.07) is 20.5. The molecule has 0 atom stereocenters. The molecule has 2 aromatic carbocycles. The van der Waals surface area contributed by atoms with Crippen molar-refractivity contribution in [2.45, 2.75) is 19.4 Å². The SMILES string of the molecule is CN(CCN1CCCC1=O)Cc1cn(-c2ccccc2)nc1-c1ccccc1. The quantitative estimate of drug-likeness (QED) is 0.635. The monoisotopic (exact) mass is 374 g/mol. The van der Waals surface area contributed by atoms with Crippen LogP contribution in [0.5, 0.6) is 0 Å². The lowest BCUT2D eigenvalue weighted by atomic mass is 10.1. The molecule has 28 heavy (non-hydrogen) atoms. The molecule has 0 spiro atoms. The largest absolute Gasteiger partial charge is 0.341 e. The molecule has 0 unspecified atom stereocenters. The van der Waals surface area contributed by atoms with Gasteiger partial charge >= 0.3 is 0 Å². The Kier molecular flexibility index (Phi) is 5.53. The van der Waals surface area contributed by atoms with E-state index in [0.29, 0.717) is 6.42 Å². The molecule has 0 radical (unpaired) electrons. The molecule has 5 heteroatoms. The molecular formula is C23H26N4O. The molecule has 1 aliphatic heterocycles. The van der Waals surface area contributed by atoms with Gasteiger partial charge in [0.15, 0.2) is 0 Å². The highest BCUT2D eigenvalue weighted by Crippen LogP contribution is 2.24. The fourth-order valence-corrected chi connectivity index (χ4v) is 3.68. The third-order valence-corrected chi connectivity index (χ3v) is 5.22. The lowest BCUT2D eigenvalue weighted by molar-refractivity contribution is -0.127. The van der Waals surface area contributed by atoms with Gasteiger partial charge in [0, 0.05) is 49.9 Å². The number of rotatable bonds is 7. The zero-order valence-electron chi connectivity index (χ0n) is 16.3. The summed E-state index contributed by atoms with van der Waals surface area (Å²) < 4.78 is 1.95. The van der Waals surface area contributed by atoms with Crippen LogP contribution in [0, 0.1) is 0 Å². The van der Waals surface area contributed by atoms with E-state index in [4.69, 9.17) is 5.10 Å². The molecule has 3 aromatic rings. The van der Waals surface area contributed by atoms with Crippen LogP contribution in [0.3, 0.4) is 0 Å². The van der Waals surface area contributed by atoms with E-state index in [9.17, 15) is 4.79 Å². The highest BCUT2D eigenvalue weighted by atomic mass is 16.2. The number of hydrogen-bond donors (Lipinski definition) is 0. The van der Waals surface area contributed by atoms with Gasteiger partial charge in [0.1, 0.15) is 0 Å². The first-order chi connectivity index (χ1) is 13.7. The molecule has 0 N–H and O–H groups in total. The van der Waals surface area contributed by atoms with E-state index in [0.717, 1.165) is 49.5 Å². The van der Waals surface area contributed by atoms with Crippen molar-refractivity contribution in [1.82, 2.24) is 19.6 Å². The van der Waals surface area contributed by atoms with Crippen molar-refractivity contribution in [3.8, 4) is 16.9 Å². The number of aromatic nitrogens is 2. The summed E-state index contributed by atoms with van der Waals surface area (Å²) in [5.74, 6) is 0.287. The second kappa shape index (κ2) is 8.40. The third kappa shape index (κ3) is 4.15. The molecule has 1 saturated heterocycles. The van der Waals surface area contributed by atoms with Crippen LogP contribution in [-0.2, 0) is 11.3 Å². The Morgan fingerprint density at radius 1 is 1.04 bits per heavy atom. The Morgan fingerprint density at radius 3 is 2.43 bits per heavy atom. The summed E-state index contributed by atoms with van der Waals surface area (Å²) in [6.45, 7) is 3.34. The first-order valence-electron chi connectivity index (χ1n) is 9.86. The van der Waals surface area contributed by atoms with Crippen molar-refractivity contribution in [2.24, 2.45) is 0 Å². The van der Waals surface area contributed by atoms with E-state index < -0.39 is 0 Å². The molecule has 5 nitrogen and oxygen atoms in total. The van der Waals surface area contributed by atoms with Crippen LogP contribution < -0.4 is 0 Å². The van der Waals surface area contributed by atoms with Crippen LogP contribution in [0.15, 0.2) is 66.9 Å². The summed E-state index contributed by atoms with van der Waals surface area (Å²) in [6.07, 6.45) is 3.81. The van der Waals surface area contributed by atoms with Crippen LogP contribution >= 0.6 is 0 Å². The number of nitrogens with zero attached hydrogens (tertiary/aromatic N) is 4. The highest BCUT2D eigenvalue weighted by molar-refractivity contribution is 5.78. The van der Waals surface area contributed by atoms with Gasteiger partial charge in [0.2, 0.25) is 5.91 Å². The highest BCUT2D eigenvalue weighted by Gasteiger charge is 2.20. The van der Waals surface area contributed by atoms with E-state index >= 15 is 0 Å². The Hall–Kier alpha value is -2.92. The molecule has 4 rings (SSSR count). The molecule has 1 amide bonds. The first kappa shape index (κ1) is 18.4. The summed E-state index contributed by atoms with van der Waals surface area (Å²) in [7, 11) is 2.11. The molecule has 0 bridgehead atoms. The van der Waals surface area contributed by atoms with Crippen molar-refractivity contribution in [1.29, 1.82) is 0 Å². The van der Waals surface area contributed by atoms with Crippen LogP contribution in [0.4, 0.5) is 0 Å². The Morgan fingerprint density at radius 2 is 1.75 bits per heavy atom. The van der Waals surface area contributed by atoms with Crippen molar-refractivity contribution in [3.05, 3.63) is 72.4 Å². The Balaban J connectivity index is 1.54. The maximum Gasteiger partial charge on any atom is 0.222 e. The summed E-state index contributed by atoms with van der Waals surface area (Å²) >= 11 is 0. The average molecular weight is 374 g/mol. The minimum Gasteiger partial charge on any atom is -0.341 e. The Bertz CT molecular complexity index is 920. The zero-order chi connectivity index (χ0) is 19.3.